The van der Waals surface area contributed by atoms with Crippen molar-refractivity contribution in [1.82, 2.24) is 14.6 Å². The maximum absolute atomic E-state index is 14.1. The van der Waals surface area contributed by atoms with Gasteiger partial charge in [0.1, 0.15) is 30.2 Å². The highest BCUT2D eigenvalue weighted by Gasteiger charge is 2.43. The van der Waals surface area contributed by atoms with Crippen LogP contribution in [-0.4, -0.2) is 45.0 Å². The number of aliphatic hydroxyl groups is 1. The molecule has 4 atom stereocenters. The minimum atomic E-state index is -4.63. The average Bonchev–Trinajstić information content (AvgIpc) is 3.36. The molecule has 2 heterocycles. The van der Waals surface area contributed by atoms with Crippen LogP contribution in [0.3, 0.4) is 0 Å². The van der Waals surface area contributed by atoms with Crippen molar-refractivity contribution < 1.29 is 46.2 Å². The molecule has 3 N–H and O–H groups in total. The molecule has 0 aliphatic carbocycles. The topological polar surface area (TPSA) is 158 Å². The first-order valence-corrected chi connectivity index (χ1v) is 16.1. The number of ether oxygens (including phenoxy) is 2. The molecule has 1 aliphatic heterocycles. The Labute approximate surface area is 268 Å². The minimum Gasteiger partial charge on any atom is -0.459 e. The third-order valence-electron chi connectivity index (χ3n) is 6.71. The quantitative estimate of drug-likeness (QED) is 0.173. The molecule has 12 nitrogen and oxygen atoms in total. The van der Waals surface area contributed by atoms with Crippen molar-refractivity contribution in [3.05, 3.63) is 103 Å². The molecule has 0 spiro atoms. The Bertz CT molecular complexity index is 1710. The second kappa shape index (κ2) is 14.5. The molecule has 46 heavy (non-hydrogen) atoms. The van der Waals surface area contributed by atoms with E-state index in [1.54, 1.807) is 30.3 Å². The van der Waals surface area contributed by atoms with E-state index in [4.69, 9.17) is 18.5 Å². The second-order valence-electron chi connectivity index (χ2n) is 10.7. The normalized spacial score (nSPS) is 20.0. The molecule has 2 unspecified atom stereocenters. The van der Waals surface area contributed by atoms with Crippen molar-refractivity contribution in [2.24, 2.45) is 0 Å². The highest BCUT2D eigenvalue weighted by atomic mass is 79.9. The standard InChI is InChI=1S/C29H30BrF3N3O9P/c1-28(2,26(39)42-16-18-6-4-3-5-7-18)35-46(41,45-21-10-8-20(9-11-21)29(31,32)33)43-17-23-22(37)14-24(44-23)36-15-19(12-13-30)25(38)34-27(36)40/h3-13,15,22-24,37H,14,16-17H2,1-2H3,(H,35,41)(H,34,38,40)/b13-12+/t22?,23-,24-,46?/m1/s1. The van der Waals surface area contributed by atoms with Gasteiger partial charge in [0, 0.05) is 12.6 Å². The fourth-order valence-electron chi connectivity index (χ4n) is 4.33. The number of hydrogen-bond acceptors (Lipinski definition) is 9. The zero-order valence-electron chi connectivity index (χ0n) is 24.4. The molecular formula is C29H30BrF3N3O9P. The van der Waals surface area contributed by atoms with E-state index >= 15 is 0 Å². The largest absolute Gasteiger partial charge is 0.459 e. The Morgan fingerprint density at radius 3 is 2.48 bits per heavy atom. The Morgan fingerprint density at radius 1 is 1.17 bits per heavy atom. The fraction of sp³-hybridized carbons (Fsp3) is 0.345. The van der Waals surface area contributed by atoms with Crippen LogP contribution in [0.1, 0.15) is 43.2 Å². The van der Waals surface area contributed by atoms with E-state index in [9.17, 15) is 37.2 Å². The van der Waals surface area contributed by atoms with E-state index in [0.717, 1.165) is 16.7 Å². The van der Waals surface area contributed by atoms with Crippen LogP contribution < -0.4 is 20.9 Å². The first-order valence-electron chi connectivity index (χ1n) is 13.7. The summed E-state index contributed by atoms with van der Waals surface area (Å²) in [5, 5.41) is 13.2. The van der Waals surface area contributed by atoms with Gasteiger partial charge in [-0.3, -0.25) is 23.7 Å². The first-order chi connectivity index (χ1) is 21.6. The second-order valence-corrected chi connectivity index (χ2v) is 12.9. The lowest BCUT2D eigenvalue weighted by Gasteiger charge is -2.30. The summed E-state index contributed by atoms with van der Waals surface area (Å²) in [5.74, 6) is -1.13. The van der Waals surface area contributed by atoms with Gasteiger partial charge in [-0.2, -0.15) is 18.3 Å². The molecule has 1 saturated heterocycles. The van der Waals surface area contributed by atoms with Crippen LogP contribution in [0.15, 0.2) is 75.4 Å². The Morgan fingerprint density at radius 2 is 1.85 bits per heavy atom. The van der Waals surface area contributed by atoms with Crippen molar-refractivity contribution in [2.75, 3.05) is 6.61 Å². The monoisotopic (exact) mass is 731 g/mol. The summed E-state index contributed by atoms with van der Waals surface area (Å²) in [4.78, 5) is 41.1. The van der Waals surface area contributed by atoms with Crippen molar-refractivity contribution in [2.45, 2.75) is 57.0 Å². The molecule has 1 aliphatic rings. The molecule has 4 rings (SSSR count). The van der Waals surface area contributed by atoms with Gasteiger partial charge in [0.2, 0.25) is 0 Å². The average molecular weight is 732 g/mol. The molecule has 1 fully saturated rings. The molecule has 3 aromatic rings. The number of aromatic nitrogens is 2. The molecule has 1 aromatic heterocycles. The van der Waals surface area contributed by atoms with Crippen LogP contribution in [0.2, 0.25) is 0 Å². The molecular weight excluding hydrogens is 702 g/mol. The van der Waals surface area contributed by atoms with Crippen LogP contribution in [0.4, 0.5) is 13.2 Å². The van der Waals surface area contributed by atoms with E-state index in [2.05, 4.69) is 26.0 Å². The van der Waals surface area contributed by atoms with Crippen molar-refractivity contribution in [3.63, 3.8) is 0 Å². The number of carbonyl (C=O) groups is 1. The van der Waals surface area contributed by atoms with E-state index in [0.29, 0.717) is 17.7 Å². The van der Waals surface area contributed by atoms with E-state index in [-0.39, 0.29) is 24.3 Å². The maximum Gasteiger partial charge on any atom is 0.459 e. The van der Waals surface area contributed by atoms with Crippen LogP contribution in [-0.2, 0) is 36.1 Å². The summed E-state index contributed by atoms with van der Waals surface area (Å²) in [7, 11) is -4.63. The summed E-state index contributed by atoms with van der Waals surface area (Å²) in [5.41, 5.74) is -3.33. The molecule has 17 heteroatoms. The van der Waals surface area contributed by atoms with E-state index < -0.39 is 67.3 Å². The Hall–Kier alpha value is -3.53. The number of hydrogen-bond donors (Lipinski definition) is 3. The Kier molecular flexibility index (Phi) is 11.1. The number of H-pyrrole nitrogens is 1. The zero-order chi connectivity index (χ0) is 33.7. The number of rotatable bonds is 12. The van der Waals surface area contributed by atoms with Gasteiger partial charge in [0.15, 0.2) is 0 Å². The van der Waals surface area contributed by atoms with Gasteiger partial charge < -0.3 is 19.1 Å². The van der Waals surface area contributed by atoms with Crippen molar-refractivity contribution in [1.29, 1.82) is 0 Å². The van der Waals surface area contributed by atoms with Crippen LogP contribution >= 0.6 is 23.7 Å². The van der Waals surface area contributed by atoms with Gasteiger partial charge in [-0.25, -0.2) is 9.36 Å². The van der Waals surface area contributed by atoms with Crippen LogP contribution in [0, 0.1) is 0 Å². The lowest BCUT2D eigenvalue weighted by molar-refractivity contribution is -0.151. The lowest BCUT2D eigenvalue weighted by Crippen LogP contribution is -2.47. The Balaban J connectivity index is 1.53. The predicted octanol–water partition coefficient (Wildman–Crippen LogP) is 4.88. The van der Waals surface area contributed by atoms with Gasteiger partial charge in [0.05, 0.1) is 23.8 Å². The molecule has 2 aromatic carbocycles. The lowest BCUT2D eigenvalue weighted by atomic mass is 10.1. The highest BCUT2D eigenvalue weighted by molar-refractivity contribution is 9.11. The number of nitrogens with one attached hydrogen (secondary N) is 2. The van der Waals surface area contributed by atoms with Gasteiger partial charge in [-0.1, -0.05) is 46.3 Å². The maximum atomic E-state index is 14.1. The SMILES string of the molecule is CC(C)(NP(=O)(OC[C@H]1O[C@@H](n2cc(/C=C/Br)c(=O)[nH]c2=O)CC1O)Oc1ccc(C(F)(F)F)cc1)C(=O)OCc1ccccc1. The number of alkyl halides is 3. The molecule has 0 bridgehead atoms. The molecule has 248 valence electrons. The predicted molar refractivity (Wildman–Crippen MR) is 163 cm³/mol. The summed E-state index contributed by atoms with van der Waals surface area (Å²) in [6.45, 7) is 1.97. The number of benzene rings is 2. The zero-order valence-corrected chi connectivity index (χ0v) is 26.9. The van der Waals surface area contributed by atoms with Crippen molar-refractivity contribution in [3.8, 4) is 5.75 Å². The summed E-state index contributed by atoms with van der Waals surface area (Å²) < 4.78 is 76.6. The highest BCUT2D eigenvalue weighted by Crippen LogP contribution is 2.47. The van der Waals surface area contributed by atoms with Gasteiger partial charge in [0.25, 0.3) is 5.56 Å². The van der Waals surface area contributed by atoms with Crippen LogP contribution in [0.25, 0.3) is 6.08 Å². The number of aliphatic hydroxyl groups excluding tert-OH is 1. The van der Waals surface area contributed by atoms with Gasteiger partial charge >= 0.3 is 25.6 Å². The van der Waals surface area contributed by atoms with Crippen molar-refractivity contribution >= 4 is 35.7 Å². The number of esters is 1. The number of halogens is 4. The summed E-state index contributed by atoms with van der Waals surface area (Å²) >= 11 is 3.06. The van der Waals surface area contributed by atoms with Gasteiger partial charge in [-0.05, 0) is 54.7 Å². The number of nitrogens with zero attached hydrogens (tertiary/aromatic N) is 1. The summed E-state index contributed by atoms with van der Waals surface area (Å²) in [6.07, 6.45) is -5.60. The number of carbonyl (C=O) groups excluding carboxylic acids is 1. The van der Waals surface area contributed by atoms with Crippen LogP contribution in [0.5, 0.6) is 5.75 Å². The smallest absolute Gasteiger partial charge is 0.459 e. The molecule has 0 saturated carbocycles. The third-order valence-corrected chi connectivity index (χ3v) is 8.75. The molecule has 0 amide bonds. The molecule has 0 radical (unpaired) electrons. The first kappa shape index (κ1) is 35.3. The minimum absolute atomic E-state index is 0.101. The van der Waals surface area contributed by atoms with E-state index in [1.807, 2.05) is 0 Å². The number of aromatic amines is 1. The third kappa shape index (κ3) is 9.05. The van der Waals surface area contributed by atoms with Gasteiger partial charge in [-0.15, -0.1) is 0 Å². The summed E-state index contributed by atoms with van der Waals surface area (Å²) in [6, 6.07) is 12.1. The van der Waals surface area contributed by atoms with E-state index in [1.165, 1.54) is 31.1 Å². The fourth-order valence-corrected chi connectivity index (χ4v) is 6.29.